The Morgan fingerprint density at radius 2 is 2.18 bits per heavy atom. The van der Waals surface area contributed by atoms with Crippen LogP contribution in [0.2, 0.25) is 0 Å². The molecule has 2 fully saturated rings. The molecule has 0 spiro atoms. The van der Waals surface area contributed by atoms with Crippen molar-refractivity contribution in [3.63, 3.8) is 0 Å². The number of fused-ring (bicyclic) bond motifs is 2. The van der Waals surface area contributed by atoms with Crippen molar-refractivity contribution < 1.29 is 4.39 Å². The molecule has 2 aliphatic rings. The molecule has 1 N–H and O–H groups in total. The number of aromatic nitrogens is 2. The van der Waals surface area contributed by atoms with E-state index in [-0.39, 0.29) is 0 Å². The van der Waals surface area contributed by atoms with Crippen LogP contribution in [0, 0.1) is 0 Å². The van der Waals surface area contributed by atoms with Crippen molar-refractivity contribution in [2.75, 3.05) is 0 Å². The molecule has 0 saturated carbocycles. The molecule has 2 bridgehead atoms. The van der Waals surface area contributed by atoms with E-state index in [2.05, 4.69) is 17.3 Å². The monoisotopic (exact) mass is 237 g/mol. The van der Waals surface area contributed by atoms with Crippen LogP contribution in [0.1, 0.15) is 44.7 Å². The smallest absolute Gasteiger partial charge is 0.155 e. The zero-order chi connectivity index (χ0) is 11.9. The number of halogens is 1. The summed E-state index contributed by atoms with van der Waals surface area (Å²) >= 11 is 0. The minimum Gasteiger partial charge on any atom is -0.311 e. The second-order valence-corrected chi connectivity index (χ2v) is 5.45. The molecule has 2 saturated heterocycles. The molecule has 3 nitrogen and oxygen atoms in total. The summed E-state index contributed by atoms with van der Waals surface area (Å²) in [6.07, 6.45) is 6.19. The van der Waals surface area contributed by atoms with Crippen LogP contribution in [0.15, 0.2) is 12.3 Å². The molecule has 3 rings (SSSR count). The van der Waals surface area contributed by atoms with Crippen molar-refractivity contribution >= 4 is 0 Å². The van der Waals surface area contributed by atoms with Gasteiger partial charge in [-0.2, -0.15) is 5.10 Å². The van der Waals surface area contributed by atoms with Gasteiger partial charge in [0, 0.05) is 37.7 Å². The van der Waals surface area contributed by atoms with E-state index in [0.717, 1.165) is 31.5 Å². The lowest BCUT2D eigenvalue weighted by Gasteiger charge is -2.35. The van der Waals surface area contributed by atoms with E-state index in [0.29, 0.717) is 24.9 Å². The van der Waals surface area contributed by atoms with Crippen molar-refractivity contribution in [1.82, 2.24) is 15.1 Å². The van der Waals surface area contributed by atoms with Gasteiger partial charge < -0.3 is 5.32 Å². The van der Waals surface area contributed by atoms with E-state index in [1.807, 2.05) is 10.7 Å². The Hall–Kier alpha value is -0.900. The third-order valence-electron chi connectivity index (χ3n) is 4.09. The Morgan fingerprint density at radius 1 is 1.47 bits per heavy atom. The number of hydrogen-bond acceptors (Lipinski definition) is 2. The lowest BCUT2D eigenvalue weighted by molar-refractivity contribution is 0.0769. The van der Waals surface area contributed by atoms with Gasteiger partial charge in [-0.05, 0) is 25.3 Å². The lowest BCUT2D eigenvalue weighted by Crippen LogP contribution is -2.45. The van der Waals surface area contributed by atoms with Crippen molar-refractivity contribution in [2.45, 2.75) is 63.3 Å². The van der Waals surface area contributed by atoms with Gasteiger partial charge in [0.2, 0.25) is 0 Å². The van der Waals surface area contributed by atoms with E-state index in [1.165, 1.54) is 0 Å². The molecular formula is C13H20FN3. The van der Waals surface area contributed by atoms with Crippen LogP contribution in [0.25, 0.3) is 0 Å². The molecular weight excluding hydrogens is 217 g/mol. The van der Waals surface area contributed by atoms with E-state index < -0.39 is 5.67 Å². The summed E-state index contributed by atoms with van der Waals surface area (Å²) in [6, 6.07) is 2.59. The molecule has 2 atom stereocenters. The number of aryl methyl sites for hydroxylation is 1. The zero-order valence-electron chi connectivity index (χ0n) is 10.3. The number of alkyl halides is 1. The molecule has 3 heterocycles. The van der Waals surface area contributed by atoms with Crippen LogP contribution in [0.5, 0.6) is 0 Å². The van der Waals surface area contributed by atoms with Crippen LogP contribution in [-0.2, 0) is 12.2 Å². The van der Waals surface area contributed by atoms with Gasteiger partial charge in [-0.3, -0.25) is 4.68 Å². The van der Waals surface area contributed by atoms with Crippen molar-refractivity contribution in [1.29, 1.82) is 0 Å². The number of nitrogens with zero attached hydrogens (tertiary/aromatic N) is 2. The first-order valence-electron chi connectivity index (χ1n) is 6.68. The minimum atomic E-state index is -1.16. The number of rotatable bonds is 3. The van der Waals surface area contributed by atoms with Gasteiger partial charge in [0.25, 0.3) is 0 Å². The highest BCUT2D eigenvalue weighted by atomic mass is 19.1. The zero-order valence-corrected chi connectivity index (χ0v) is 10.3. The number of piperidine rings is 1. The molecule has 2 unspecified atom stereocenters. The van der Waals surface area contributed by atoms with Gasteiger partial charge >= 0.3 is 0 Å². The number of nitrogens with one attached hydrogen (secondary N) is 1. The van der Waals surface area contributed by atoms with Crippen LogP contribution in [0.4, 0.5) is 4.39 Å². The molecule has 0 aromatic carbocycles. The predicted molar refractivity (Wildman–Crippen MR) is 64.5 cm³/mol. The first-order valence-corrected chi connectivity index (χ1v) is 6.68. The third kappa shape index (κ3) is 1.88. The molecule has 0 radical (unpaired) electrons. The van der Waals surface area contributed by atoms with Gasteiger partial charge in [0.05, 0.1) is 5.69 Å². The fourth-order valence-electron chi connectivity index (χ4n) is 3.40. The molecule has 4 heteroatoms. The Morgan fingerprint density at radius 3 is 2.82 bits per heavy atom. The summed E-state index contributed by atoms with van der Waals surface area (Å²) in [5, 5.41) is 7.74. The summed E-state index contributed by atoms with van der Waals surface area (Å²) in [6.45, 7) is 2.92. The van der Waals surface area contributed by atoms with Gasteiger partial charge in [0.1, 0.15) is 0 Å². The van der Waals surface area contributed by atoms with Gasteiger partial charge in [-0.15, -0.1) is 0 Å². The summed E-state index contributed by atoms with van der Waals surface area (Å²) in [7, 11) is 0. The Bertz CT molecular complexity index is 389. The van der Waals surface area contributed by atoms with Crippen LogP contribution in [-0.4, -0.2) is 21.9 Å². The second-order valence-electron chi connectivity index (χ2n) is 5.45. The quantitative estimate of drug-likeness (QED) is 0.874. The molecule has 1 aromatic heterocycles. The van der Waals surface area contributed by atoms with E-state index in [4.69, 9.17) is 0 Å². The second kappa shape index (κ2) is 4.09. The molecule has 0 amide bonds. The topological polar surface area (TPSA) is 29.9 Å². The van der Waals surface area contributed by atoms with Crippen molar-refractivity contribution in [2.24, 2.45) is 0 Å². The van der Waals surface area contributed by atoms with Crippen LogP contribution in [0.3, 0.4) is 0 Å². The Kier molecular flexibility index (Phi) is 2.69. The van der Waals surface area contributed by atoms with E-state index in [1.54, 1.807) is 6.20 Å². The highest BCUT2D eigenvalue weighted by molar-refractivity contribution is 5.17. The maximum Gasteiger partial charge on any atom is 0.155 e. The average Bonchev–Trinajstić information content (AvgIpc) is 2.87. The Balaban J connectivity index is 1.89. The SMILES string of the molecule is CCCn1nccc1C1(F)CC2CCC(C1)N2. The Labute approximate surface area is 101 Å². The molecule has 17 heavy (non-hydrogen) atoms. The van der Waals surface area contributed by atoms with Crippen molar-refractivity contribution in [3.8, 4) is 0 Å². The maximum atomic E-state index is 15.2. The standard InChI is InChI=1S/C13H20FN3/c1-2-7-17-12(5-6-15-17)13(14)8-10-3-4-11(9-13)16-10/h5-6,10-11,16H,2-4,7-9H2,1H3. The van der Waals surface area contributed by atoms with E-state index >= 15 is 4.39 Å². The van der Waals surface area contributed by atoms with Gasteiger partial charge in [-0.25, -0.2) is 4.39 Å². The first-order chi connectivity index (χ1) is 8.21. The van der Waals surface area contributed by atoms with Crippen LogP contribution < -0.4 is 5.32 Å². The fourth-order valence-corrected chi connectivity index (χ4v) is 3.40. The summed E-state index contributed by atoms with van der Waals surface area (Å²) in [5.74, 6) is 0. The molecule has 0 aliphatic carbocycles. The normalized spacial score (nSPS) is 36.4. The van der Waals surface area contributed by atoms with Crippen molar-refractivity contribution in [3.05, 3.63) is 18.0 Å². The highest BCUT2D eigenvalue weighted by Gasteiger charge is 2.46. The maximum absolute atomic E-state index is 15.2. The average molecular weight is 237 g/mol. The molecule has 2 aliphatic heterocycles. The fraction of sp³-hybridized carbons (Fsp3) is 0.769. The molecule has 1 aromatic rings. The third-order valence-corrected chi connectivity index (χ3v) is 4.09. The molecule has 94 valence electrons. The first kappa shape index (κ1) is 11.2. The summed E-state index contributed by atoms with van der Waals surface area (Å²) in [5.41, 5.74) is -0.374. The minimum absolute atomic E-state index is 0.365. The highest BCUT2D eigenvalue weighted by Crippen LogP contribution is 2.43. The van der Waals surface area contributed by atoms with Crippen LogP contribution >= 0.6 is 0 Å². The summed E-state index contributed by atoms with van der Waals surface area (Å²) in [4.78, 5) is 0. The van der Waals surface area contributed by atoms with Gasteiger partial charge in [0.15, 0.2) is 5.67 Å². The van der Waals surface area contributed by atoms with Gasteiger partial charge in [-0.1, -0.05) is 6.92 Å². The lowest BCUT2D eigenvalue weighted by atomic mass is 9.86. The summed E-state index contributed by atoms with van der Waals surface area (Å²) < 4.78 is 17.0. The number of hydrogen-bond donors (Lipinski definition) is 1. The largest absolute Gasteiger partial charge is 0.311 e. The van der Waals surface area contributed by atoms with E-state index in [9.17, 15) is 0 Å². The predicted octanol–water partition coefficient (Wildman–Crippen LogP) is 2.37.